The molecule has 10 heteroatoms. The van der Waals surface area contributed by atoms with Crippen molar-refractivity contribution in [2.45, 2.75) is 31.6 Å². The van der Waals surface area contributed by atoms with Gasteiger partial charge in [0.1, 0.15) is 30.5 Å². The van der Waals surface area contributed by atoms with Crippen LogP contribution in [0.25, 0.3) is 0 Å². The molecule has 0 unspecified atom stereocenters. The van der Waals surface area contributed by atoms with Crippen molar-refractivity contribution in [3.05, 3.63) is 81.4 Å². The molecule has 1 aromatic heterocycles. The number of alkyl halides is 1. The zero-order chi connectivity index (χ0) is 24.9. The first-order chi connectivity index (χ1) is 16.0. The lowest BCUT2D eigenvalue weighted by Crippen LogP contribution is -2.19. The van der Waals surface area contributed by atoms with Crippen LogP contribution in [-0.4, -0.2) is 37.1 Å². The molecule has 0 N–H and O–H groups in total. The Morgan fingerprint density at radius 1 is 0.971 bits per heavy atom. The largest absolute Gasteiger partial charge is 0.489 e. The van der Waals surface area contributed by atoms with Crippen LogP contribution in [0, 0.1) is 0 Å². The summed E-state index contributed by atoms with van der Waals surface area (Å²) >= 11 is 18.5. The number of rotatable bonds is 10. The van der Waals surface area contributed by atoms with Crippen molar-refractivity contribution in [2.75, 3.05) is 18.7 Å². The van der Waals surface area contributed by atoms with Crippen LogP contribution in [-0.2, 0) is 27.6 Å². The molecule has 0 saturated heterocycles. The van der Waals surface area contributed by atoms with Gasteiger partial charge in [0.15, 0.2) is 15.6 Å². The zero-order valence-corrected chi connectivity index (χ0v) is 22.1. The third kappa shape index (κ3) is 6.98. The molecule has 182 valence electrons. The van der Waals surface area contributed by atoms with Crippen LogP contribution >= 0.6 is 34.8 Å². The molecule has 0 bridgehead atoms. The van der Waals surface area contributed by atoms with Gasteiger partial charge >= 0.3 is 0 Å². The van der Waals surface area contributed by atoms with Crippen molar-refractivity contribution in [3.8, 4) is 11.5 Å². The minimum Gasteiger partial charge on any atom is -0.489 e. The van der Waals surface area contributed by atoms with E-state index in [2.05, 4.69) is 23.8 Å². The smallest absolute Gasteiger partial charge is 0.156 e. The molecule has 0 aliphatic heterocycles. The fraction of sp³-hybridized carbons (Fsp3) is 0.333. The summed E-state index contributed by atoms with van der Waals surface area (Å²) in [4.78, 5) is 8.26. The summed E-state index contributed by atoms with van der Waals surface area (Å²) in [7, 11) is -3.21. The van der Waals surface area contributed by atoms with Gasteiger partial charge < -0.3 is 9.47 Å². The SMILES string of the molecule is CC(C)(c1ccc(OCc2ccnc(CS(C)(=O)=O)n2)cc1)c1cc(Cl)c(OCCCl)c(Cl)c1. The van der Waals surface area contributed by atoms with Gasteiger partial charge in [0, 0.05) is 17.9 Å². The van der Waals surface area contributed by atoms with Crippen LogP contribution in [0.15, 0.2) is 48.7 Å². The molecule has 3 rings (SSSR count). The quantitative estimate of drug-likeness (QED) is 0.299. The highest BCUT2D eigenvalue weighted by Gasteiger charge is 2.25. The maximum absolute atomic E-state index is 11.5. The highest BCUT2D eigenvalue weighted by molar-refractivity contribution is 7.89. The third-order valence-electron chi connectivity index (χ3n) is 5.16. The fourth-order valence-electron chi connectivity index (χ4n) is 3.32. The van der Waals surface area contributed by atoms with E-state index in [1.165, 1.54) is 6.20 Å². The van der Waals surface area contributed by atoms with Crippen LogP contribution in [0.2, 0.25) is 10.0 Å². The van der Waals surface area contributed by atoms with E-state index < -0.39 is 9.84 Å². The van der Waals surface area contributed by atoms with Gasteiger partial charge in [-0.3, -0.25) is 0 Å². The van der Waals surface area contributed by atoms with Gasteiger partial charge in [-0.15, -0.1) is 11.6 Å². The average Bonchev–Trinajstić information content (AvgIpc) is 2.76. The van der Waals surface area contributed by atoms with E-state index >= 15 is 0 Å². The number of aromatic nitrogens is 2. The first kappa shape index (κ1) is 26.5. The summed E-state index contributed by atoms with van der Waals surface area (Å²) in [5.74, 6) is 1.46. The Kier molecular flexibility index (Phi) is 8.68. The Labute approximate surface area is 215 Å². The van der Waals surface area contributed by atoms with E-state index in [-0.39, 0.29) is 23.6 Å². The average molecular weight is 544 g/mol. The number of hydrogen-bond donors (Lipinski definition) is 0. The second-order valence-corrected chi connectivity index (χ2v) is 11.6. The number of halogens is 3. The topological polar surface area (TPSA) is 78.4 Å². The van der Waals surface area contributed by atoms with E-state index in [1.807, 2.05) is 36.4 Å². The molecule has 2 aromatic carbocycles. The summed E-state index contributed by atoms with van der Waals surface area (Å²) < 4.78 is 34.3. The zero-order valence-electron chi connectivity index (χ0n) is 19.0. The van der Waals surface area contributed by atoms with Crippen LogP contribution in [0.4, 0.5) is 0 Å². The van der Waals surface area contributed by atoms with Gasteiger partial charge in [-0.1, -0.05) is 49.2 Å². The summed E-state index contributed by atoms with van der Waals surface area (Å²) in [5, 5.41) is 0.862. The first-order valence-corrected chi connectivity index (χ1v) is 13.7. The Morgan fingerprint density at radius 2 is 1.62 bits per heavy atom. The van der Waals surface area contributed by atoms with Gasteiger partial charge in [-0.2, -0.15) is 0 Å². The van der Waals surface area contributed by atoms with Crippen molar-refractivity contribution < 1.29 is 17.9 Å². The van der Waals surface area contributed by atoms with Gasteiger partial charge in [0.05, 0.1) is 21.6 Å². The summed E-state index contributed by atoms with van der Waals surface area (Å²) in [6.07, 6.45) is 2.67. The highest BCUT2D eigenvalue weighted by Crippen LogP contribution is 2.40. The van der Waals surface area contributed by atoms with E-state index in [0.717, 1.165) is 17.4 Å². The normalized spacial score (nSPS) is 11.9. The number of benzene rings is 2. The predicted molar refractivity (Wildman–Crippen MR) is 136 cm³/mol. The molecule has 0 spiro atoms. The molecule has 0 saturated carbocycles. The molecule has 0 amide bonds. The van der Waals surface area contributed by atoms with Crippen molar-refractivity contribution in [1.82, 2.24) is 9.97 Å². The maximum atomic E-state index is 11.5. The Balaban J connectivity index is 1.72. The maximum Gasteiger partial charge on any atom is 0.156 e. The first-order valence-electron chi connectivity index (χ1n) is 10.4. The van der Waals surface area contributed by atoms with Gasteiger partial charge in [-0.25, -0.2) is 18.4 Å². The molecule has 0 aliphatic rings. The van der Waals surface area contributed by atoms with E-state index in [1.54, 1.807) is 6.07 Å². The molecule has 0 fully saturated rings. The van der Waals surface area contributed by atoms with Gasteiger partial charge in [0.2, 0.25) is 0 Å². The summed E-state index contributed by atoms with van der Waals surface area (Å²) in [5.41, 5.74) is 2.19. The van der Waals surface area contributed by atoms with Gasteiger partial charge in [-0.05, 0) is 41.5 Å². The molecule has 3 aromatic rings. The number of hydrogen-bond acceptors (Lipinski definition) is 6. The summed E-state index contributed by atoms with van der Waals surface area (Å²) in [6, 6.07) is 13.1. The van der Waals surface area contributed by atoms with Crippen LogP contribution < -0.4 is 9.47 Å². The minimum absolute atomic E-state index is 0.191. The minimum atomic E-state index is -3.21. The van der Waals surface area contributed by atoms with E-state index in [0.29, 0.717) is 39.7 Å². The lowest BCUT2D eigenvalue weighted by Gasteiger charge is -2.27. The fourth-order valence-corrected chi connectivity index (χ4v) is 4.60. The van der Waals surface area contributed by atoms with Crippen molar-refractivity contribution >= 4 is 44.6 Å². The van der Waals surface area contributed by atoms with E-state index in [4.69, 9.17) is 44.3 Å². The predicted octanol–water partition coefficient (Wildman–Crippen LogP) is 5.85. The Bertz CT molecular complexity index is 1230. The molecular weight excluding hydrogens is 519 g/mol. The Hall–Kier alpha value is -2.06. The molecular formula is C24H25Cl3N2O4S. The lowest BCUT2D eigenvalue weighted by molar-refractivity contribution is 0.300. The molecule has 0 radical (unpaired) electrons. The monoisotopic (exact) mass is 542 g/mol. The van der Waals surface area contributed by atoms with E-state index in [9.17, 15) is 8.42 Å². The van der Waals surface area contributed by atoms with Crippen molar-refractivity contribution in [2.24, 2.45) is 0 Å². The summed E-state index contributed by atoms with van der Waals surface area (Å²) in [6.45, 7) is 4.67. The number of ether oxygens (including phenoxy) is 2. The van der Waals surface area contributed by atoms with Crippen LogP contribution in [0.1, 0.15) is 36.5 Å². The number of nitrogens with zero attached hydrogens (tertiary/aromatic N) is 2. The second-order valence-electron chi connectivity index (χ2n) is 8.28. The number of sulfone groups is 1. The second kappa shape index (κ2) is 11.1. The molecule has 34 heavy (non-hydrogen) atoms. The van der Waals surface area contributed by atoms with Crippen LogP contribution in [0.5, 0.6) is 11.5 Å². The van der Waals surface area contributed by atoms with Gasteiger partial charge in [0.25, 0.3) is 0 Å². The molecule has 6 nitrogen and oxygen atoms in total. The molecule has 1 heterocycles. The standard InChI is InChI=1S/C24H25Cl3N2O4S/c1-24(2,17-12-20(26)23(21(27)13-17)32-11-9-25)16-4-6-19(7-5-16)33-14-18-8-10-28-22(29-18)15-34(3,30)31/h4-8,10,12-13H,9,11,14-15H2,1-3H3. The lowest BCUT2D eigenvalue weighted by atomic mass is 9.78. The van der Waals surface area contributed by atoms with Crippen molar-refractivity contribution in [3.63, 3.8) is 0 Å². The molecule has 0 atom stereocenters. The highest BCUT2D eigenvalue weighted by atomic mass is 35.5. The van der Waals surface area contributed by atoms with Crippen molar-refractivity contribution in [1.29, 1.82) is 0 Å². The third-order valence-corrected chi connectivity index (χ3v) is 6.66. The molecule has 0 aliphatic carbocycles. The Morgan fingerprint density at radius 3 is 2.21 bits per heavy atom. The van der Waals surface area contributed by atoms with Crippen LogP contribution in [0.3, 0.4) is 0 Å².